The molecule has 7 heteroatoms. The number of methoxy groups -OCH3 is 1. The minimum atomic E-state index is -3.64. The maximum absolute atomic E-state index is 12.2. The SMILES string of the molecule is COc1ccc(Cl)cc1S(=O)(=O)NCCCOC(C)C. The average Bonchev–Trinajstić information content (AvgIpc) is 2.37. The van der Waals surface area contributed by atoms with Gasteiger partial charge < -0.3 is 9.47 Å². The summed E-state index contributed by atoms with van der Waals surface area (Å²) in [6, 6.07) is 4.47. The van der Waals surface area contributed by atoms with Gasteiger partial charge >= 0.3 is 0 Å². The van der Waals surface area contributed by atoms with Crippen molar-refractivity contribution in [3.63, 3.8) is 0 Å². The quantitative estimate of drug-likeness (QED) is 0.747. The van der Waals surface area contributed by atoms with E-state index in [2.05, 4.69) is 4.72 Å². The molecule has 0 atom stereocenters. The molecule has 0 radical (unpaired) electrons. The predicted octanol–water partition coefficient (Wildman–Crippen LogP) is 2.44. The van der Waals surface area contributed by atoms with E-state index >= 15 is 0 Å². The summed E-state index contributed by atoms with van der Waals surface area (Å²) < 4.78 is 37.2. The van der Waals surface area contributed by atoms with E-state index in [1.807, 2.05) is 13.8 Å². The average molecular weight is 322 g/mol. The van der Waals surface area contributed by atoms with Crippen LogP contribution in [0.5, 0.6) is 5.75 Å². The van der Waals surface area contributed by atoms with Gasteiger partial charge in [0.2, 0.25) is 10.0 Å². The van der Waals surface area contributed by atoms with Crippen LogP contribution < -0.4 is 9.46 Å². The van der Waals surface area contributed by atoms with E-state index in [4.69, 9.17) is 21.1 Å². The van der Waals surface area contributed by atoms with Crippen LogP contribution in [-0.2, 0) is 14.8 Å². The highest BCUT2D eigenvalue weighted by Crippen LogP contribution is 2.26. The van der Waals surface area contributed by atoms with Crippen molar-refractivity contribution in [3.05, 3.63) is 23.2 Å². The zero-order chi connectivity index (χ0) is 15.2. The smallest absolute Gasteiger partial charge is 0.244 e. The van der Waals surface area contributed by atoms with Crippen LogP contribution in [0.2, 0.25) is 5.02 Å². The van der Waals surface area contributed by atoms with Gasteiger partial charge in [-0.2, -0.15) is 0 Å². The first-order valence-electron chi connectivity index (χ1n) is 6.31. The van der Waals surface area contributed by atoms with Gasteiger partial charge in [0.1, 0.15) is 10.6 Å². The van der Waals surface area contributed by atoms with Crippen LogP contribution in [0.4, 0.5) is 0 Å². The molecule has 0 aromatic heterocycles. The molecule has 0 saturated carbocycles. The Morgan fingerprint density at radius 1 is 1.35 bits per heavy atom. The Bertz CT molecular complexity index is 531. The lowest BCUT2D eigenvalue weighted by Crippen LogP contribution is -2.26. The molecule has 0 heterocycles. The van der Waals surface area contributed by atoms with Gasteiger partial charge in [-0.1, -0.05) is 11.6 Å². The zero-order valence-corrected chi connectivity index (χ0v) is 13.4. The molecule has 1 rings (SSSR count). The van der Waals surface area contributed by atoms with Crippen molar-refractivity contribution in [1.82, 2.24) is 4.72 Å². The molecule has 1 aromatic carbocycles. The molecule has 20 heavy (non-hydrogen) atoms. The molecule has 0 aliphatic rings. The van der Waals surface area contributed by atoms with Gasteiger partial charge in [0.05, 0.1) is 13.2 Å². The number of ether oxygens (including phenoxy) is 2. The number of rotatable bonds is 8. The predicted molar refractivity (Wildman–Crippen MR) is 78.9 cm³/mol. The normalized spacial score (nSPS) is 11.8. The molecule has 0 spiro atoms. The van der Waals surface area contributed by atoms with Gasteiger partial charge in [0, 0.05) is 18.2 Å². The van der Waals surface area contributed by atoms with Gasteiger partial charge in [-0.25, -0.2) is 13.1 Å². The van der Waals surface area contributed by atoms with Gasteiger partial charge in [-0.15, -0.1) is 0 Å². The van der Waals surface area contributed by atoms with Crippen molar-refractivity contribution >= 4 is 21.6 Å². The molecule has 0 saturated heterocycles. The molecule has 1 N–H and O–H groups in total. The molecule has 0 unspecified atom stereocenters. The Morgan fingerprint density at radius 3 is 2.65 bits per heavy atom. The Morgan fingerprint density at radius 2 is 2.05 bits per heavy atom. The second kappa shape index (κ2) is 7.83. The van der Waals surface area contributed by atoms with Crippen LogP contribution in [0.25, 0.3) is 0 Å². The lowest BCUT2D eigenvalue weighted by Gasteiger charge is -2.11. The summed E-state index contributed by atoms with van der Waals surface area (Å²) in [5.74, 6) is 0.264. The molecule has 0 aliphatic heterocycles. The topological polar surface area (TPSA) is 64.6 Å². The van der Waals surface area contributed by atoms with Crippen LogP contribution in [0.3, 0.4) is 0 Å². The molecule has 0 aliphatic carbocycles. The fraction of sp³-hybridized carbons (Fsp3) is 0.538. The highest BCUT2D eigenvalue weighted by molar-refractivity contribution is 7.89. The molecular weight excluding hydrogens is 302 g/mol. The first kappa shape index (κ1) is 17.2. The number of halogens is 1. The summed E-state index contributed by atoms with van der Waals surface area (Å²) >= 11 is 5.83. The van der Waals surface area contributed by atoms with Crippen LogP contribution in [-0.4, -0.2) is 34.8 Å². The molecular formula is C13H20ClNO4S. The van der Waals surface area contributed by atoms with E-state index in [9.17, 15) is 8.42 Å². The third kappa shape index (κ3) is 5.28. The van der Waals surface area contributed by atoms with Crippen LogP contribution >= 0.6 is 11.6 Å². The minimum Gasteiger partial charge on any atom is -0.495 e. The van der Waals surface area contributed by atoms with E-state index in [1.165, 1.54) is 19.2 Å². The van der Waals surface area contributed by atoms with E-state index in [1.54, 1.807) is 6.07 Å². The van der Waals surface area contributed by atoms with E-state index in [-0.39, 0.29) is 16.7 Å². The molecule has 1 aromatic rings. The summed E-state index contributed by atoms with van der Waals surface area (Å²) in [4.78, 5) is 0.0391. The van der Waals surface area contributed by atoms with Crippen LogP contribution in [0.1, 0.15) is 20.3 Å². The van der Waals surface area contributed by atoms with Gasteiger partial charge in [0.15, 0.2) is 0 Å². The van der Waals surface area contributed by atoms with Crippen molar-refractivity contribution in [2.75, 3.05) is 20.3 Å². The summed E-state index contributed by atoms with van der Waals surface area (Å²) in [6.45, 7) is 4.67. The van der Waals surface area contributed by atoms with Crippen LogP contribution in [0, 0.1) is 0 Å². The fourth-order valence-corrected chi connectivity index (χ4v) is 3.04. The third-order valence-electron chi connectivity index (χ3n) is 2.48. The number of benzene rings is 1. The van der Waals surface area contributed by atoms with Crippen LogP contribution in [0.15, 0.2) is 23.1 Å². The largest absolute Gasteiger partial charge is 0.495 e. The lowest BCUT2D eigenvalue weighted by molar-refractivity contribution is 0.0778. The molecule has 0 amide bonds. The van der Waals surface area contributed by atoms with E-state index in [0.717, 1.165) is 0 Å². The maximum Gasteiger partial charge on any atom is 0.244 e. The first-order chi connectivity index (χ1) is 9.36. The van der Waals surface area contributed by atoms with Crippen molar-refractivity contribution < 1.29 is 17.9 Å². The van der Waals surface area contributed by atoms with Crippen molar-refractivity contribution in [2.24, 2.45) is 0 Å². The minimum absolute atomic E-state index is 0.0391. The summed E-state index contributed by atoms with van der Waals surface area (Å²) in [5.41, 5.74) is 0. The number of hydrogen-bond acceptors (Lipinski definition) is 4. The van der Waals surface area contributed by atoms with Crippen molar-refractivity contribution in [1.29, 1.82) is 0 Å². The van der Waals surface area contributed by atoms with Gasteiger partial charge in [-0.3, -0.25) is 0 Å². The highest BCUT2D eigenvalue weighted by Gasteiger charge is 2.19. The number of nitrogens with one attached hydrogen (secondary N) is 1. The second-order valence-corrected chi connectivity index (χ2v) is 6.64. The molecule has 5 nitrogen and oxygen atoms in total. The number of sulfonamides is 1. The maximum atomic E-state index is 12.2. The molecule has 0 bridgehead atoms. The Labute approximate surface area is 125 Å². The molecule has 114 valence electrons. The molecule has 0 fully saturated rings. The summed E-state index contributed by atoms with van der Waals surface area (Å²) in [6.07, 6.45) is 0.736. The standard InChI is InChI=1S/C13H20ClNO4S/c1-10(2)19-8-4-7-15-20(16,17)13-9-11(14)5-6-12(13)18-3/h5-6,9-10,15H,4,7-8H2,1-3H3. The van der Waals surface area contributed by atoms with E-state index < -0.39 is 10.0 Å². The van der Waals surface area contributed by atoms with Crippen molar-refractivity contribution in [3.8, 4) is 5.75 Å². The summed E-state index contributed by atoms with van der Waals surface area (Å²) in [5, 5.41) is 0.342. The van der Waals surface area contributed by atoms with E-state index in [0.29, 0.717) is 24.6 Å². The Kier molecular flexibility index (Phi) is 6.75. The number of hydrogen-bond donors (Lipinski definition) is 1. The monoisotopic (exact) mass is 321 g/mol. The van der Waals surface area contributed by atoms with Gasteiger partial charge in [0.25, 0.3) is 0 Å². The third-order valence-corrected chi connectivity index (χ3v) is 4.20. The second-order valence-electron chi connectivity index (χ2n) is 4.47. The van der Waals surface area contributed by atoms with Crippen molar-refractivity contribution in [2.45, 2.75) is 31.3 Å². The Balaban J connectivity index is 2.67. The lowest BCUT2D eigenvalue weighted by atomic mass is 10.3. The highest BCUT2D eigenvalue weighted by atomic mass is 35.5. The first-order valence-corrected chi connectivity index (χ1v) is 8.17. The van der Waals surface area contributed by atoms with Gasteiger partial charge in [-0.05, 0) is 38.5 Å². The fourth-order valence-electron chi connectivity index (χ4n) is 1.54. The Hall–Kier alpha value is -0.820. The zero-order valence-electron chi connectivity index (χ0n) is 11.8. The summed E-state index contributed by atoms with van der Waals surface area (Å²) in [7, 11) is -2.23.